The van der Waals surface area contributed by atoms with Crippen LogP contribution in [-0.4, -0.2) is 18.5 Å². The van der Waals surface area contributed by atoms with Gasteiger partial charge < -0.3 is 4.55 Å². The van der Waals surface area contributed by atoms with Gasteiger partial charge in [-0.3, -0.25) is 0 Å². The van der Waals surface area contributed by atoms with Gasteiger partial charge in [0.2, 0.25) is 0 Å². The fourth-order valence-corrected chi connectivity index (χ4v) is 2.50. The van der Waals surface area contributed by atoms with Gasteiger partial charge in [-0.1, -0.05) is 37.9 Å². The standard InChI is InChI=1S/C7H5Br2F2NOS/c8-6(9)7(10,11)14(13)5-3-1-2-4-12-5/h1-4,6H. The molecule has 0 amide bonds. The Hall–Kier alpha value is 0.280. The van der Waals surface area contributed by atoms with Crippen molar-refractivity contribution in [2.45, 2.75) is 14.0 Å². The second kappa shape index (κ2) is 4.87. The number of alkyl halides is 4. The second-order valence-corrected chi connectivity index (χ2v) is 6.86. The molecule has 7 heteroatoms. The monoisotopic (exact) mass is 347 g/mol. The first-order valence-corrected chi connectivity index (χ1v) is 6.43. The van der Waals surface area contributed by atoms with Crippen molar-refractivity contribution in [1.29, 1.82) is 0 Å². The van der Waals surface area contributed by atoms with Crippen molar-refractivity contribution in [2.75, 3.05) is 0 Å². The molecule has 0 fully saturated rings. The molecule has 0 radical (unpaired) electrons. The minimum Gasteiger partial charge on any atom is -0.605 e. The van der Waals surface area contributed by atoms with Crippen LogP contribution in [0.15, 0.2) is 29.4 Å². The van der Waals surface area contributed by atoms with E-state index in [1.165, 1.54) is 18.3 Å². The lowest BCUT2D eigenvalue weighted by Gasteiger charge is -2.19. The summed E-state index contributed by atoms with van der Waals surface area (Å²) in [4.78, 5) is 3.61. The van der Waals surface area contributed by atoms with E-state index < -0.39 is 20.2 Å². The average molecular weight is 349 g/mol. The molecule has 1 aromatic heterocycles. The van der Waals surface area contributed by atoms with E-state index >= 15 is 0 Å². The van der Waals surface area contributed by atoms with E-state index in [2.05, 4.69) is 36.8 Å². The summed E-state index contributed by atoms with van der Waals surface area (Å²) in [5.74, 6) is 0. The summed E-state index contributed by atoms with van der Waals surface area (Å²) in [7, 11) is 0. The van der Waals surface area contributed by atoms with Gasteiger partial charge >= 0.3 is 5.25 Å². The maximum atomic E-state index is 13.2. The van der Waals surface area contributed by atoms with Gasteiger partial charge in [-0.05, 0) is 6.07 Å². The van der Waals surface area contributed by atoms with E-state index in [0.717, 1.165) is 0 Å². The van der Waals surface area contributed by atoms with E-state index in [-0.39, 0.29) is 5.03 Å². The van der Waals surface area contributed by atoms with Crippen LogP contribution in [0.3, 0.4) is 0 Å². The van der Waals surface area contributed by atoms with E-state index in [1.54, 1.807) is 6.07 Å². The van der Waals surface area contributed by atoms with Crippen molar-refractivity contribution in [3.05, 3.63) is 24.4 Å². The third-order valence-corrected chi connectivity index (χ3v) is 4.44. The molecule has 0 bridgehead atoms. The number of halogens is 4. The van der Waals surface area contributed by atoms with Crippen LogP contribution in [0.1, 0.15) is 0 Å². The highest BCUT2D eigenvalue weighted by Gasteiger charge is 2.51. The van der Waals surface area contributed by atoms with Gasteiger partial charge in [0, 0.05) is 12.3 Å². The largest absolute Gasteiger partial charge is 0.605 e. The molecule has 1 unspecified atom stereocenters. The predicted molar refractivity (Wildman–Crippen MR) is 57.2 cm³/mol. The Labute approximate surface area is 99.5 Å². The van der Waals surface area contributed by atoms with Gasteiger partial charge in [0.1, 0.15) is 0 Å². The summed E-state index contributed by atoms with van der Waals surface area (Å²) in [6.45, 7) is 0. The molecule has 1 aromatic rings. The van der Waals surface area contributed by atoms with Crippen LogP contribution in [-0.2, 0) is 11.2 Å². The van der Waals surface area contributed by atoms with Gasteiger partial charge in [-0.15, -0.1) is 0 Å². The second-order valence-electron chi connectivity index (χ2n) is 2.30. The molecule has 1 atom stereocenters. The lowest BCUT2D eigenvalue weighted by atomic mass is 10.5. The maximum absolute atomic E-state index is 13.2. The number of rotatable bonds is 3. The first-order chi connectivity index (χ1) is 6.46. The van der Waals surface area contributed by atoms with Gasteiger partial charge in [0.25, 0.3) is 5.03 Å². The number of hydrogen-bond acceptors (Lipinski definition) is 2. The molecule has 0 spiro atoms. The average Bonchev–Trinajstić information content (AvgIpc) is 2.17. The minimum atomic E-state index is -3.39. The lowest BCUT2D eigenvalue weighted by Crippen LogP contribution is -2.35. The third-order valence-electron chi connectivity index (χ3n) is 1.33. The van der Waals surface area contributed by atoms with Crippen molar-refractivity contribution in [1.82, 2.24) is 4.98 Å². The molecule has 1 heterocycles. The van der Waals surface area contributed by atoms with Gasteiger partial charge in [-0.25, -0.2) is 4.98 Å². The Morgan fingerprint density at radius 1 is 1.43 bits per heavy atom. The Bertz CT molecular complexity index is 299. The zero-order valence-corrected chi connectivity index (χ0v) is 10.7. The lowest BCUT2D eigenvalue weighted by molar-refractivity contribution is 0.114. The van der Waals surface area contributed by atoms with Crippen molar-refractivity contribution in [2.24, 2.45) is 0 Å². The van der Waals surface area contributed by atoms with Crippen LogP contribution in [0.25, 0.3) is 0 Å². The fourth-order valence-electron chi connectivity index (χ4n) is 0.677. The van der Waals surface area contributed by atoms with Crippen LogP contribution in [0, 0.1) is 0 Å². The zero-order chi connectivity index (χ0) is 10.8. The summed E-state index contributed by atoms with van der Waals surface area (Å²) in [6.07, 6.45) is 1.32. The number of nitrogens with zero attached hydrogens (tertiary/aromatic N) is 1. The maximum Gasteiger partial charge on any atom is 0.435 e. The van der Waals surface area contributed by atoms with Crippen molar-refractivity contribution < 1.29 is 13.3 Å². The van der Waals surface area contributed by atoms with Crippen LogP contribution in [0.5, 0.6) is 0 Å². The summed E-state index contributed by atoms with van der Waals surface area (Å²) in [5, 5.41) is -3.53. The molecule has 0 N–H and O–H groups in total. The summed E-state index contributed by atoms with van der Waals surface area (Å²) < 4.78 is 36.4. The molecule has 0 aliphatic heterocycles. The topological polar surface area (TPSA) is 36.0 Å². The number of pyridine rings is 1. The van der Waals surface area contributed by atoms with Crippen molar-refractivity contribution in [3.8, 4) is 0 Å². The summed E-state index contributed by atoms with van der Waals surface area (Å²) in [6, 6.07) is 4.37. The molecule has 0 aliphatic rings. The molecule has 78 valence electrons. The fraction of sp³-hybridized carbons (Fsp3) is 0.286. The Kier molecular flexibility index (Phi) is 4.30. The van der Waals surface area contributed by atoms with E-state index in [9.17, 15) is 13.3 Å². The normalized spacial score (nSPS) is 14.4. The van der Waals surface area contributed by atoms with E-state index in [0.29, 0.717) is 0 Å². The highest BCUT2D eigenvalue weighted by atomic mass is 79.9. The van der Waals surface area contributed by atoms with Crippen LogP contribution in [0.2, 0.25) is 0 Å². The minimum absolute atomic E-state index is 0.138. The summed E-state index contributed by atoms with van der Waals surface area (Å²) in [5.41, 5.74) is 0. The molecular formula is C7H5Br2F2NOS. The molecule has 2 nitrogen and oxygen atoms in total. The van der Waals surface area contributed by atoms with Gasteiger partial charge in [0.15, 0.2) is 3.74 Å². The quantitative estimate of drug-likeness (QED) is 0.622. The van der Waals surface area contributed by atoms with Gasteiger partial charge in [0.05, 0.1) is 11.2 Å². The molecule has 1 rings (SSSR count). The first kappa shape index (κ1) is 12.4. The number of aromatic nitrogens is 1. The predicted octanol–water partition coefficient (Wildman–Crippen LogP) is 2.90. The van der Waals surface area contributed by atoms with E-state index in [1.807, 2.05) is 0 Å². The smallest absolute Gasteiger partial charge is 0.435 e. The Balaban J connectivity index is 2.90. The third kappa shape index (κ3) is 2.65. The van der Waals surface area contributed by atoms with Crippen molar-refractivity contribution in [3.63, 3.8) is 0 Å². The highest BCUT2D eigenvalue weighted by Crippen LogP contribution is 2.37. The molecule has 0 saturated heterocycles. The van der Waals surface area contributed by atoms with Crippen LogP contribution >= 0.6 is 31.9 Å². The van der Waals surface area contributed by atoms with Crippen LogP contribution < -0.4 is 0 Å². The molecule has 0 saturated carbocycles. The molecule has 14 heavy (non-hydrogen) atoms. The zero-order valence-electron chi connectivity index (χ0n) is 6.66. The summed E-state index contributed by atoms with van der Waals surface area (Å²) >= 11 is 2.82. The SMILES string of the molecule is [O-][S+](c1ccccn1)C(F)(F)C(Br)Br. The Morgan fingerprint density at radius 3 is 2.50 bits per heavy atom. The van der Waals surface area contributed by atoms with E-state index in [4.69, 9.17) is 0 Å². The van der Waals surface area contributed by atoms with Crippen molar-refractivity contribution >= 4 is 43.0 Å². The van der Waals surface area contributed by atoms with Gasteiger partial charge in [-0.2, -0.15) is 8.78 Å². The Morgan fingerprint density at radius 2 is 2.07 bits per heavy atom. The highest BCUT2D eigenvalue weighted by molar-refractivity contribution is 9.24. The molecular weight excluding hydrogens is 344 g/mol. The number of hydrogen-bond donors (Lipinski definition) is 0. The molecule has 0 aliphatic carbocycles. The first-order valence-electron chi connectivity index (χ1n) is 3.45. The molecule has 0 aromatic carbocycles. The van der Waals surface area contributed by atoms with Crippen LogP contribution in [0.4, 0.5) is 8.78 Å².